The molecule has 6 heteroatoms. The summed E-state index contributed by atoms with van der Waals surface area (Å²) in [6.07, 6.45) is 3.96. The molecule has 0 aromatic rings. The van der Waals surface area contributed by atoms with Gasteiger partial charge >= 0.3 is 0 Å². The molecular formula is C11H22N2O3S. The minimum Gasteiger partial charge on any atom is -0.341 e. The molecule has 1 unspecified atom stereocenters. The smallest absolute Gasteiger partial charge is 0.239 e. The van der Waals surface area contributed by atoms with Crippen molar-refractivity contribution in [3.8, 4) is 0 Å². The monoisotopic (exact) mass is 262 g/mol. The maximum atomic E-state index is 11.9. The lowest BCUT2D eigenvalue weighted by Crippen LogP contribution is -2.44. The Bertz CT molecular complexity index is 348. The third-order valence-electron chi connectivity index (χ3n) is 2.93. The third kappa shape index (κ3) is 5.50. The average molecular weight is 262 g/mol. The summed E-state index contributed by atoms with van der Waals surface area (Å²) in [6.45, 7) is 4.11. The largest absolute Gasteiger partial charge is 0.341 e. The van der Waals surface area contributed by atoms with Gasteiger partial charge in [0.05, 0.1) is 11.8 Å². The summed E-state index contributed by atoms with van der Waals surface area (Å²) in [6, 6.07) is -0.215. The van der Waals surface area contributed by atoms with Crippen LogP contribution in [0.4, 0.5) is 0 Å². The summed E-state index contributed by atoms with van der Waals surface area (Å²) in [5.74, 6) is 0.298. The van der Waals surface area contributed by atoms with Crippen LogP contribution in [0.5, 0.6) is 0 Å². The van der Waals surface area contributed by atoms with Crippen molar-refractivity contribution >= 4 is 15.7 Å². The van der Waals surface area contributed by atoms with E-state index >= 15 is 0 Å². The van der Waals surface area contributed by atoms with Crippen LogP contribution in [-0.2, 0) is 14.6 Å². The molecule has 1 amide bonds. The molecule has 0 spiro atoms. The highest BCUT2D eigenvalue weighted by molar-refractivity contribution is 7.90. The van der Waals surface area contributed by atoms with Gasteiger partial charge in [-0.15, -0.1) is 0 Å². The Morgan fingerprint density at radius 1 is 1.35 bits per heavy atom. The number of hydrogen-bond acceptors (Lipinski definition) is 4. The van der Waals surface area contributed by atoms with E-state index < -0.39 is 9.84 Å². The molecular weight excluding hydrogens is 240 g/mol. The van der Waals surface area contributed by atoms with E-state index in [1.165, 1.54) is 6.26 Å². The molecule has 0 aliphatic carbocycles. The Balaban J connectivity index is 2.20. The van der Waals surface area contributed by atoms with Gasteiger partial charge in [-0.1, -0.05) is 0 Å². The zero-order chi connectivity index (χ0) is 12.9. The number of rotatable bonds is 6. The molecule has 0 aromatic heterocycles. The normalized spacial score (nSPS) is 18.4. The maximum absolute atomic E-state index is 11.9. The highest BCUT2D eigenvalue weighted by atomic mass is 32.2. The molecule has 1 fully saturated rings. The molecule has 1 aliphatic heterocycles. The van der Waals surface area contributed by atoms with E-state index in [2.05, 4.69) is 5.32 Å². The van der Waals surface area contributed by atoms with E-state index in [4.69, 9.17) is 0 Å². The van der Waals surface area contributed by atoms with Crippen LogP contribution in [-0.4, -0.2) is 56.9 Å². The van der Waals surface area contributed by atoms with Crippen molar-refractivity contribution < 1.29 is 13.2 Å². The van der Waals surface area contributed by atoms with Gasteiger partial charge in [0.15, 0.2) is 0 Å². The number of carbonyl (C=O) groups excluding carboxylic acids is 1. The molecule has 5 nitrogen and oxygen atoms in total. The van der Waals surface area contributed by atoms with Gasteiger partial charge in [0.2, 0.25) is 5.91 Å². The zero-order valence-electron chi connectivity index (χ0n) is 10.6. The molecule has 0 saturated carbocycles. The van der Waals surface area contributed by atoms with Crippen LogP contribution in [0.1, 0.15) is 26.2 Å². The van der Waals surface area contributed by atoms with E-state index in [0.29, 0.717) is 13.0 Å². The fraction of sp³-hybridized carbons (Fsp3) is 0.909. The van der Waals surface area contributed by atoms with Gasteiger partial charge in [-0.25, -0.2) is 8.42 Å². The number of hydrogen-bond donors (Lipinski definition) is 1. The number of nitrogens with zero attached hydrogens (tertiary/aromatic N) is 1. The predicted octanol–water partition coefficient (Wildman–Crippen LogP) is 0.0216. The number of nitrogens with one attached hydrogen (secondary N) is 1. The summed E-state index contributed by atoms with van der Waals surface area (Å²) >= 11 is 0. The number of likely N-dealkylation sites (tertiary alicyclic amines) is 1. The zero-order valence-corrected chi connectivity index (χ0v) is 11.4. The number of amides is 1. The molecule has 0 radical (unpaired) electrons. The fourth-order valence-corrected chi connectivity index (χ4v) is 2.62. The van der Waals surface area contributed by atoms with E-state index in [1.54, 1.807) is 0 Å². The lowest BCUT2D eigenvalue weighted by atomic mass is 10.3. The highest BCUT2D eigenvalue weighted by Crippen LogP contribution is 2.08. The molecule has 0 aromatic carbocycles. The number of sulfone groups is 1. The summed E-state index contributed by atoms with van der Waals surface area (Å²) < 4.78 is 21.8. The van der Waals surface area contributed by atoms with Gasteiger partial charge in [-0.05, 0) is 32.7 Å². The molecule has 1 aliphatic rings. The summed E-state index contributed by atoms with van der Waals surface area (Å²) in [4.78, 5) is 13.8. The van der Waals surface area contributed by atoms with E-state index in [1.807, 2.05) is 11.8 Å². The second-order valence-corrected chi connectivity index (χ2v) is 6.95. The lowest BCUT2D eigenvalue weighted by molar-refractivity contribution is -0.131. The second kappa shape index (κ2) is 6.35. The Kier molecular flexibility index (Phi) is 5.39. The maximum Gasteiger partial charge on any atom is 0.239 e. The fourth-order valence-electron chi connectivity index (χ4n) is 1.95. The van der Waals surface area contributed by atoms with Crippen molar-refractivity contribution in [2.24, 2.45) is 0 Å². The van der Waals surface area contributed by atoms with Gasteiger partial charge in [0.1, 0.15) is 9.84 Å². The average Bonchev–Trinajstić information content (AvgIpc) is 2.74. The molecule has 1 saturated heterocycles. The predicted molar refractivity (Wildman–Crippen MR) is 67.6 cm³/mol. The first-order valence-corrected chi connectivity index (χ1v) is 8.16. The van der Waals surface area contributed by atoms with Gasteiger partial charge in [-0.3, -0.25) is 4.79 Å². The topological polar surface area (TPSA) is 66.5 Å². The Morgan fingerprint density at radius 2 is 1.94 bits per heavy atom. The van der Waals surface area contributed by atoms with Crippen LogP contribution < -0.4 is 5.32 Å². The van der Waals surface area contributed by atoms with Gasteiger partial charge in [0, 0.05) is 19.3 Å². The molecule has 100 valence electrons. The first-order chi connectivity index (χ1) is 7.90. The Labute approximate surface area is 103 Å². The SMILES string of the molecule is CC(NCCCS(C)(=O)=O)C(=O)N1CCCC1. The van der Waals surface area contributed by atoms with Crippen LogP contribution >= 0.6 is 0 Å². The minimum atomic E-state index is -2.89. The van der Waals surface area contributed by atoms with Crippen LogP contribution in [0.15, 0.2) is 0 Å². The summed E-state index contributed by atoms with van der Waals surface area (Å²) in [7, 11) is -2.89. The molecule has 1 N–H and O–H groups in total. The van der Waals surface area contributed by atoms with Gasteiger partial charge in [-0.2, -0.15) is 0 Å². The van der Waals surface area contributed by atoms with Crippen molar-refractivity contribution in [2.45, 2.75) is 32.2 Å². The van der Waals surface area contributed by atoms with E-state index in [0.717, 1.165) is 25.9 Å². The minimum absolute atomic E-state index is 0.127. The summed E-state index contributed by atoms with van der Waals surface area (Å²) in [5, 5.41) is 3.08. The quantitative estimate of drug-likeness (QED) is 0.685. The van der Waals surface area contributed by atoms with Crippen molar-refractivity contribution in [1.29, 1.82) is 0 Å². The summed E-state index contributed by atoms with van der Waals surface area (Å²) in [5.41, 5.74) is 0. The van der Waals surface area contributed by atoms with Crippen molar-refractivity contribution in [3.63, 3.8) is 0 Å². The Hall–Kier alpha value is -0.620. The van der Waals surface area contributed by atoms with E-state index in [-0.39, 0.29) is 17.7 Å². The first-order valence-electron chi connectivity index (χ1n) is 6.10. The van der Waals surface area contributed by atoms with Crippen LogP contribution in [0.3, 0.4) is 0 Å². The van der Waals surface area contributed by atoms with E-state index in [9.17, 15) is 13.2 Å². The van der Waals surface area contributed by atoms with Gasteiger partial charge in [0.25, 0.3) is 0 Å². The van der Waals surface area contributed by atoms with Gasteiger partial charge < -0.3 is 10.2 Å². The molecule has 1 heterocycles. The molecule has 0 bridgehead atoms. The molecule has 1 atom stereocenters. The van der Waals surface area contributed by atoms with Crippen molar-refractivity contribution in [3.05, 3.63) is 0 Å². The Morgan fingerprint density at radius 3 is 2.47 bits per heavy atom. The van der Waals surface area contributed by atoms with Crippen LogP contribution in [0.2, 0.25) is 0 Å². The van der Waals surface area contributed by atoms with Crippen LogP contribution in [0.25, 0.3) is 0 Å². The number of carbonyl (C=O) groups is 1. The second-order valence-electron chi connectivity index (χ2n) is 4.69. The van der Waals surface area contributed by atoms with Crippen molar-refractivity contribution in [1.82, 2.24) is 10.2 Å². The molecule has 17 heavy (non-hydrogen) atoms. The molecule has 1 rings (SSSR count). The standard InChI is InChI=1S/C11H22N2O3S/c1-10(11(14)13-7-3-4-8-13)12-6-5-9-17(2,15)16/h10,12H,3-9H2,1-2H3. The van der Waals surface area contributed by atoms with Crippen molar-refractivity contribution in [2.75, 3.05) is 31.6 Å². The lowest BCUT2D eigenvalue weighted by Gasteiger charge is -2.21. The third-order valence-corrected chi connectivity index (χ3v) is 3.96. The highest BCUT2D eigenvalue weighted by Gasteiger charge is 2.22. The van der Waals surface area contributed by atoms with Crippen LogP contribution in [0, 0.1) is 0 Å². The first kappa shape index (κ1) is 14.4.